The van der Waals surface area contributed by atoms with Crippen LogP contribution in [0, 0.1) is 0 Å². The Morgan fingerprint density at radius 2 is 2.38 bits per heavy atom. The van der Waals surface area contributed by atoms with Crippen molar-refractivity contribution < 1.29 is 4.42 Å². The second kappa shape index (κ2) is 5.53. The molecule has 2 nitrogen and oxygen atoms in total. The van der Waals surface area contributed by atoms with Crippen LogP contribution in [0.25, 0.3) is 0 Å². The minimum Gasteiger partial charge on any atom is -0.453 e. The minimum atomic E-state index is 0.256. The molecule has 0 spiro atoms. The molecule has 2 heterocycles. The first-order valence-electron chi connectivity index (χ1n) is 5.22. The van der Waals surface area contributed by atoms with E-state index in [0.29, 0.717) is 5.22 Å². The van der Waals surface area contributed by atoms with Crippen molar-refractivity contribution in [3.63, 3.8) is 0 Å². The van der Waals surface area contributed by atoms with Crippen molar-refractivity contribution in [3.8, 4) is 0 Å². The fourth-order valence-corrected chi connectivity index (χ4v) is 2.70. The number of hydrogen-bond donors (Lipinski definition) is 1. The maximum atomic E-state index is 5.97. The first kappa shape index (κ1) is 11.7. The third kappa shape index (κ3) is 2.67. The van der Waals surface area contributed by atoms with Gasteiger partial charge in [-0.05, 0) is 59.9 Å². The Balaban J connectivity index is 1.99. The molecule has 2 aromatic heterocycles. The second-order valence-electron chi connectivity index (χ2n) is 3.66. The summed E-state index contributed by atoms with van der Waals surface area (Å²) in [7, 11) is 1.95. The van der Waals surface area contributed by atoms with Gasteiger partial charge in [0.15, 0.2) is 5.22 Å². The largest absolute Gasteiger partial charge is 0.453 e. The highest BCUT2D eigenvalue weighted by atomic mass is 35.5. The van der Waals surface area contributed by atoms with Gasteiger partial charge in [0.1, 0.15) is 0 Å². The molecule has 0 saturated heterocycles. The van der Waals surface area contributed by atoms with E-state index >= 15 is 0 Å². The van der Waals surface area contributed by atoms with Gasteiger partial charge in [0.25, 0.3) is 0 Å². The second-order valence-corrected chi connectivity index (χ2v) is 4.78. The van der Waals surface area contributed by atoms with E-state index in [4.69, 9.17) is 16.0 Å². The Bertz CT molecular complexity index is 424. The number of halogens is 1. The Labute approximate surface area is 104 Å². The molecule has 0 saturated carbocycles. The van der Waals surface area contributed by atoms with Crippen molar-refractivity contribution in [1.82, 2.24) is 5.32 Å². The van der Waals surface area contributed by atoms with E-state index in [1.807, 2.05) is 13.1 Å². The summed E-state index contributed by atoms with van der Waals surface area (Å²) in [5.41, 5.74) is 2.42. The number of thiophene rings is 1. The van der Waals surface area contributed by atoms with Crippen LogP contribution in [0.4, 0.5) is 0 Å². The summed E-state index contributed by atoms with van der Waals surface area (Å²) >= 11 is 7.70. The topological polar surface area (TPSA) is 25.2 Å². The third-order valence-electron chi connectivity index (χ3n) is 2.67. The van der Waals surface area contributed by atoms with E-state index in [1.165, 1.54) is 5.56 Å². The van der Waals surface area contributed by atoms with E-state index in [1.54, 1.807) is 17.6 Å². The number of nitrogens with one attached hydrogen (secondary N) is 1. The molecule has 0 radical (unpaired) electrons. The fraction of sp³-hybridized carbons (Fsp3) is 0.333. The summed E-state index contributed by atoms with van der Waals surface area (Å²) in [4.78, 5) is 0. The molecule has 2 aromatic rings. The van der Waals surface area contributed by atoms with E-state index in [9.17, 15) is 0 Å². The summed E-state index contributed by atoms with van der Waals surface area (Å²) < 4.78 is 5.11. The van der Waals surface area contributed by atoms with Crippen LogP contribution in [0.15, 0.2) is 33.6 Å². The molecule has 1 atom stereocenters. The molecule has 0 bridgehead atoms. The fourth-order valence-electron chi connectivity index (χ4n) is 1.76. The SMILES string of the molecule is CNC(CCc1ccsc1)c1ccoc1Cl. The molecule has 2 rings (SSSR count). The quantitative estimate of drug-likeness (QED) is 0.877. The lowest BCUT2D eigenvalue weighted by atomic mass is 10.0. The van der Waals surface area contributed by atoms with Crippen LogP contribution in [-0.4, -0.2) is 7.05 Å². The third-order valence-corrected chi connectivity index (χ3v) is 3.71. The molecule has 1 N–H and O–H groups in total. The number of aryl methyl sites for hydroxylation is 1. The zero-order valence-corrected chi connectivity index (χ0v) is 10.6. The van der Waals surface area contributed by atoms with Crippen molar-refractivity contribution in [2.24, 2.45) is 0 Å². The van der Waals surface area contributed by atoms with E-state index in [0.717, 1.165) is 18.4 Å². The van der Waals surface area contributed by atoms with Crippen molar-refractivity contribution in [3.05, 3.63) is 45.5 Å². The lowest BCUT2D eigenvalue weighted by Gasteiger charge is -2.14. The molecule has 0 aromatic carbocycles. The predicted molar refractivity (Wildman–Crippen MR) is 68.2 cm³/mol. The Hall–Kier alpha value is -0.770. The van der Waals surface area contributed by atoms with Crippen LogP contribution < -0.4 is 5.32 Å². The highest BCUT2D eigenvalue weighted by Crippen LogP contribution is 2.27. The maximum Gasteiger partial charge on any atom is 0.197 e. The van der Waals surface area contributed by atoms with Crippen LogP contribution in [0.3, 0.4) is 0 Å². The average molecular weight is 256 g/mol. The molecule has 4 heteroatoms. The average Bonchev–Trinajstić information content (AvgIpc) is 2.92. The first-order chi connectivity index (χ1) is 7.81. The summed E-state index contributed by atoms with van der Waals surface area (Å²) in [6.45, 7) is 0. The molecule has 0 amide bonds. The Morgan fingerprint density at radius 3 is 2.94 bits per heavy atom. The van der Waals surface area contributed by atoms with Gasteiger partial charge in [-0.3, -0.25) is 0 Å². The molecule has 0 fully saturated rings. The summed E-state index contributed by atoms with van der Waals surface area (Å²) in [6.07, 6.45) is 3.70. The van der Waals surface area contributed by atoms with Crippen LogP contribution >= 0.6 is 22.9 Å². The van der Waals surface area contributed by atoms with Crippen LogP contribution in [0.5, 0.6) is 0 Å². The normalized spacial score (nSPS) is 12.9. The summed E-state index contributed by atoms with van der Waals surface area (Å²) in [5, 5.41) is 8.05. The molecular formula is C12H14ClNOS. The van der Waals surface area contributed by atoms with Gasteiger partial charge in [-0.15, -0.1) is 0 Å². The molecule has 1 unspecified atom stereocenters. The molecule has 0 aliphatic rings. The zero-order chi connectivity index (χ0) is 11.4. The summed E-state index contributed by atoms with van der Waals surface area (Å²) in [5.74, 6) is 0. The standard InChI is InChI=1S/C12H14ClNOS/c1-14-11(10-4-6-15-12(10)13)3-2-9-5-7-16-8-9/h4-8,11,14H,2-3H2,1H3. The molecule has 0 aliphatic heterocycles. The number of rotatable bonds is 5. The minimum absolute atomic E-state index is 0.256. The first-order valence-corrected chi connectivity index (χ1v) is 6.54. The van der Waals surface area contributed by atoms with Crippen LogP contribution in [0.2, 0.25) is 5.22 Å². The van der Waals surface area contributed by atoms with Gasteiger partial charge in [0.2, 0.25) is 0 Å². The zero-order valence-electron chi connectivity index (χ0n) is 9.07. The van der Waals surface area contributed by atoms with Gasteiger partial charge < -0.3 is 9.73 Å². The van der Waals surface area contributed by atoms with Gasteiger partial charge in [0.05, 0.1) is 6.26 Å². The highest BCUT2D eigenvalue weighted by Gasteiger charge is 2.14. The molecular weight excluding hydrogens is 242 g/mol. The lowest BCUT2D eigenvalue weighted by Crippen LogP contribution is -2.16. The smallest absolute Gasteiger partial charge is 0.197 e. The van der Waals surface area contributed by atoms with Gasteiger partial charge in [0, 0.05) is 11.6 Å². The number of furan rings is 1. The van der Waals surface area contributed by atoms with Gasteiger partial charge in [-0.1, -0.05) is 0 Å². The van der Waals surface area contributed by atoms with E-state index in [-0.39, 0.29) is 6.04 Å². The molecule has 86 valence electrons. The molecule has 16 heavy (non-hydrogen) atoms. The Morgan fingerprint density at radius 1 is 1.50 bits per heavy atom. The van der Waals surface area contributed by atoms with Gasteiger partial charge in [-0.2, -0.15) is 11.3 Å². The van der Waals surface area contributed by atoms with E-state index < -0.39 is 0 Å². The van der Waals surface area contributed by atoms with Crippen LogP contribution in [-0.2, 0) is 6.42 Å². The van der Waals surface area contributed by atoms with E-state index in [2.05, 4.69) is 22.1 Å². The predicted octanol–water partition coefficient (Wildman–Crippen LogP) is 3.89. The Kier molecular flexibility index (Phi) is 4.04. The summed E-state index contributed by atoms with van der Waals surface area (Å²) in [6, 6.07) is 4.34. The van der Waals surface area contributed by atoms with Crippen molar-refractivity contribution in [2.75, 3.05) is 7.05 Å². The maximum absolute atomic E-state index is 5.97. The van der Waals surface area contributed by atoms with Crippen LogP contribution in [0.1, 0.15) is 23.6 Å². The lowest BCUT2D eigenvalue weighted by molar-refractivity contribution is 0.525. The van der Waals surface area contributed by atoms with Gasteiger partial charge in [-0.25, -0.2) is 0 Å². The molecule has 0 aliphatic carbocycles. The highest BCUT2D eigenvalue weighted by molar-refractivity contribution is 7.07. The van der Waals surface area contributed by atoms with Crippen molar-refractivity contribution in [2.45, 2.75) is 18.9 Å². The van der Waals surface area contributed by atoms with Gasteiger partial charge >= 0.3 is 0 Å². The van der Waals surface area contributed by atoms with Crippen molar-refractivity contribution in [1.29, 1.82) is 0 Å². The number of hydrogen-bond acceptors (Lipinski definition) is 3. The monoisotopic (exact) mass is 255 g/mol. The van der Waals surface area contributed by atoms with Crippen molar-refractivity contribution >= 4 is 22.9 Å².